The molecule has 3 aromatic rings. The first-order valence-electron chi connectivity index (χ1n) is 11.1. The van der Waals surface area contributed by atoms with E-state index in [1.807, 2.05) is 0 Å². The van der Waals surface area contributed by atoms with Crippen LogP contribution in [0.15, 0.2) is 88.8 Å². The van der Waals surface area contributed by atoms with Gasteiger partial charge in [-0.3, -0.25) is 4.99 Å². The van der Waals surface area contributed by atoms with E-state index in [4.69, 9.17) is 9.98 Å². The zero-order valence-electron chi connectivity index (χ0n) is 18.0. The predicted molar refractivity (Wildman–Crippen MR) is 130 cm³/mol. The Balaban J connectivity index is 1.60. The highest BCUT2D eigenvalue weighted by atomic mass is 15.0. The van der Waals surface area contributed by atoms with Crippen LogP contribution in [0.1, 0.15) is 51.5 Å². The van der Waals surface area contributed by atoms with Crippen molar-refractivity contribution in [1.29, 1.82) is 0 Å². The molecule has 1 aliphatic rings. The van der Waals surface area contributed by atoms with Gasteiger partial charge in [0.25, 0.3) is 0 Å². The number of benzene rings is 3. The van der Waals surface area contributed by atoms with E-state index in [-0.39, 0.29) is 0 Å². The summed E-state index contributed by atoms with van der Waals surface area (Å²) in [6, 6.07) is 28.3. The number of unbranched alkanes of at least 4 members (excludes halogenated alkanes) is 1. The van der Waals surface area contributed by atoms with Crippen molar-refractivity contribution in [3.8, 4) is 22.3 Å². The van der Waals surface area contributed by atoms with Gasteiger partial charge in [-0.2, -0.15) is 0 Å². The van der Waals surface area contributed by atoms with Crippen molar-refractivity contribution >= 4 is 11.5 Å². The molecule has 0 aliphatic carbocycles. The van der Waals surface area contributed by atoms with E-state index in [0.717, 1.165) is 30.7 Å². The lowest BCUT2D eigenvalue weighted by molar-refractivity contribution is 0.689. The normalized spacial score (nSPS) is 16.5. The third kappa shape index (κ3) is 4.94. The smallest absolute Gasteiger partial charge is 0.154 e. The first kappa shape index (κ1) is 20.3. The summed E-state index contributed by atoms with van der Waals surface area (Å²) in [4.78, 5) is 9.85. The molecule has 1 aliphatic heterocycles. The largest absolute Gasteiger partial charge is 0.263 e. The van der Waals surface area contributed by atoms with E-state index in [1.165, 1.54) is 40.8 Å². The maximum absolute atomic E-state index is 4.96. The van der Waals surface area contributed by atoms with Crippen LogP contribution in [-0.2, 0) is 0 Å². The zero-order chi connectivity index (χ0) is 20.8. The molecule has 0 amide bonds. The molecule has 30 heavy (non-hydrogen) atoms. The molecule has 2 heteroatoms. The molecule has 1 heterocycles. The number of aliphatic imine (C=N–C) groups is 2. The fourth-order valence-corrected chi connectivity index (χ4v) is 3.90. The van der Waals surface area contributed by atoms with E-state index in [1.54, 1.807) is 0 Å². The molecule has 0 saturated carbocycles. The van der Waals surface area contributed by atoms with Gasteiger partial charge in [-0.15, -0.1) is 0 Å². The molecular weight excluding hydrogens is 364 g/mol. The molecule has 0 bridgehead atoms. The number of rotatable bonds is 6. The Morgan fingerprint density at radius 3 is 2.10 bits per heavy atom. The average molecular weight is 395 g/mol. The van der Waals surface area contributed by atoms with Gasteiger partial charge in [-0.1, -0.05) is 86.1 Å². The summed E-state index contributed by atoms with van der Waals surface area (Å²) in [6.45, 7) is 4.43. The van der Waals surface area contributed by atoms with Crippen LogP contribution in [0, 0.1) is 0 Å². The van der Waals surface area contributed by atoms with E-state index in [2.05, 4.69) is 92.7 Å². The topological polar surface area (TPSA) is 24.7 Å². The second-order valence-corrected chi connectivity index (χ2v) is 8.15. The Morgan fingerprint density at radius 1 is 0.767 bits per heavy atom. The Hall–Kier alpha value is -3.00. The highest BCUT2D eigenvalue weighted by molar-refractivity contribution is 6.07. The minimum Gasteiger partial charge on any atom is -0.263 e. The van der Waals surface area contributed by atoms with Gasteiger partial charge < -0.3 is 0 Å². The fourth-order valence-electron chi connectivity index (χ4n) is 3.90. The zero-order valence-corrected chi connectivity index (χ0v) is 18.0. The summed E-state index contributed by atoms with van der Waals surface area (Å²) in [5.41, 5.74) is 7.34. The van der Waals surface area contributed by atoms with Crippen LogP contribution < -0.4 is 0 Å². The van der Waals surface area contributed by atoms with Crippen LogP contribution in [0.3, 0.4) is 0 Å². The lowest BCUT2D eigenvalue weighted by atomic mass is 9.98. The third-order valence-corrected chi connectivity index (χ3v) is 5.72. The van der Waals surface area contributed by atoms with Crippen molar-refractivity contribution in [2.75, 3.05) is 0 Å². The van der Waals surface area contributed by atoms with E-state index < -0.39 is 0 Å². The van der Waals surface area contributed by atoms with Crippen LogP contribution >= 0.6 is 0 Å². The molecule has 0 aromatic heterocycles. The predicted octanol–water partition coefficient (Wildman–Crippen LogP) is 7.58. The Kier molecular flexibility index (Phi) is 6.53. The molecular formula is C28H30N2. The number of hydrogen-bond donors (Lipinski definition) is 0. The van der Waals surface area contributed by atoms with Crippen LogP contribution in [0.5, 0.6) is 0 Å². The second-order valence-electron chi connectivity index (χ2n) is 8.15. The number of nitrogens with zero attached hydrogens (tertiary/aromatic N) is 2. The summed E-state index contributed by atoms with van der Waals surface area (Å²) in [7, 11) is 0. The quantitative estimate of drug-likeness (QED) is 0.411. The van der Waals surface area contributed by atoms with Crippen molar-refractivity contribution in [1.82, 2.24) is 0 Å². The average Bonchev–Trinajstić information content (AvgIpc) is 3.00. The van der Waals surface area contributed by atoms with Crippen LogP contribution in [-0.4, -0.2) is 17.6 Å². The molecule has 1 atom stereocenters. The Bertz CT molecular complexity index is 1030. The monoisotopic (exact) mass is 394 g/mol. The van der Waals surface area contributed by atoms with Gasteiger partial charge in [-0.05, 0) is 60.9 Å². The van der Waals surface area contributed by atoms with Gasteiger partial charge in [0.05, 0.1) is 0 Å². The third-order valence-electron chi connectivity index (χ3n) is 5.72. The summed E-state index contributed by atoms with van der Waals surface area (Å²) in [5, 5.41) is 0. The standard InChI is InChI=1S/C28H30N2/c1-3-4-13-27-19-14-21(2)29-28(30-27)24-17-15-23(16-18-24)26-12-8-11-25(20-26)22-9-6-5-7-10-22/h5-12,15-18,20-21H,3-4,13-14,19H2,1-2H3. The van der Waals surface area contributed by atoms with Crippen molar-refractivity contribution in [2.24, 2.45) is 9.98 Å². The lowest BCUT2D eigenvalue weighted by Gasteiger charge is -2.08. The first-order chi connectivity index (χ1) is 14.7. The maximum atomic E-state index is 4.96. The molecule has 0 saturated heterocycles. The van der Waals surface area contributed by atoms with Crippen molar-refractivity contribution in [3.05, 3.63) is 84.4 Å². The van der Waals surface area contributed by atoms with Crippen LogP contribution in [0.4, 0.5) is 0 Å². The molecule has 1 unspecified atom stereocenters. The van der Waals surface area contributed by atoms with Crippen molar-refractivity contribution in [2.45, 2.75) is 52.0 Å². The SMILES string of the molecule is CCCCC1=NC(c2ccc(-c3cccc(-c4ccccc4)c3)cc2)=NC(C)CC1. The first-order valence-corrected chi connectivity index (χ1v) is 11.1. The molecule has 3 aromatic carbocycles. The Labute approximate surface area is 180 Å². The number of hydrogen-bond acceptors (Lipinski definition) is 2. The minimum absolute atomic E-state index is 0.324. The molecule has 4 rings (SSSR count). The van der Waals surface area contributed by atoms with Crippen molar-refractivity contribution in [3.63, 3.8) is 0 Å². The number of amidine groups is 1. The molecule has 0 N–H and O–H groups in total. The van der Waals surface area contributed by atoms with E-state index in [0.29, 0.717) is 6.04 Å². The lowest BCUT2D eigenvalue weighted by Crippen LogP contribution is -2.03. The van der Waals surface area contributed by atoms with Crippen LogP contribution in [0.2, 0.25) is 0 Å². The summed E-state index contributed by atoms with van der Waals surface area (Å²) in [6.07, 6.45) is 5.66. The fraction of sp³-hybridized carbons (Fsp3) is 0.286. The summed E-state index contributed by atoms with van der Waals surface area (Å²) < 4.78 is 0. The molecule has 152 valence electrons. The maximum Gasteiger partial charge on any atom is 0.154 e. The van der Waals surface area contributed by atoms with Gasteiger partial charge in [0.15, 0.2) is 5.84 Å². The Morgan fingerprint density at radius 2 is 1.40 bits per heavy atom. The van der Waals surface area contributed by atoms with Gasteiger partial charge in [0, 0.05) is 17.3 Å². The van der Waals surface area contributed by atoms with Crippen LogP contribution in [0.25, 0.3) is 22.3 Å². The van der Waals surface area contributed by atoms with Gasteiger partial charge in [0.2, 0.25) is 0 Å². The second kappa shape index (κ2) is 9.67. The highest BCUT2D eigenvalue weighted by Gasteiger charge is 2.13. The minimum atomic E-state index is 0.324. The molecule has 0 fully saturated rings. The summed E-state index contributed by atoms with van der Waals surface area (Å²) >= 11 is 0. The summed E-state index contributed by atoms with van der Waals surface area (Å²) in [5.74, 6) is 0.899. The highest BCUT2D eigenvalue weighted by Crippen LogP contribution is 2.27. The van der Waals surface area contributed by atoms with E-state index >= 15 is 0 Å². The molecule has 2 nitrogen and oxygen atoms in total. The van der Waals surface area contributed by atoms with Gasteiger partial charge in [-0.25, -0.2) is 4.99 Å². The van der Waals surface area contributed by atoms with Crippen molar-refractivity contribution < 1.29 is 0 Å². The molecule has 0 spiro atoms. The van der Waals surface area contributed by atoms with Gasteiger partial charge >= 0.3 is 0 Å². The molecule has 0 radical (unpaired) electrons. The van der Waals surface area contributed by atoms with E-state index in [9.17, 15) is 0 Å². The van der Waals surface area contributed by atoms with Gasteiger partial charge in [0.1, 0.15) is 0 Å².